The summed E-state index contributed by atoms with van der Waals surface area (Å²) in [4.78, 5) is 4.43. The molecule has 0 aromatic carbocycles. The molecule has 3 rings (SSSR count). The van der Waals surface area contributed by atoms with Crippen molar-refractivity contribution in [2.75, 3.05) is 13.2 Å². The zero-order valence-electron chi connectivity index (χ0n) is 9.47. The van der Waals surface area contributed by atoms with Crippen molar-refractivity contribution in [1.82, 2.24) is 14.8 Å². The predicted octanol–water partition coefficient (Wildman–Crippen LogP) is 2.62. The molecule has 1 saturated heterocycles. The third-order valence-corrected chi connectivity index (χ3v) is 3.65. The number of aromatic nitrogens is 3. The summed E-state index contributed by atoms with van der Waals surface area (Å²) in [7, 11) is 0. The summed E-state index contributed by atoms with van der Waals surface area (Å²) in [5.74, 6) is 0.664. The highest BCUT2D eigenvalue weighted by Gasteiger charge is 2.16. The SMILES string of the molecule is Brc1cnc2c(cnn2CC2CCOCC2)c1. The molecule has 2 aromatic rings. The van der Waals surface area contributed by atoms with E-state index in [1.165, 1.54) is 0 Å². The highest BCUT2D eigenvalue weighted by Crippen LogP contribution is 2.21. The largest absolute Gasteiger partial charge is 0.381 e. The van der Waals surface area contributed by atoms with Gasteiger partial charge in [-0.2, -0.15) is 5.10 Å². The molecule has 17 heavy (non-hydrogen) atoms. The van der Waals surface area contributed by atoms with E-state index in [0.29, 0.717) is 5.92 Å². The number of rotatable bonds is 2. The number of hydrogen-bond acceptors (Lipinski definition) is 3. The Morgan fingerprint density at radius 2 is 2.18 bits per heavy atom. The number of pyridine rings is 1. The molecular formula is C12H14BrN3O. The van der Waals surface area contributed by atoms with Gasteiger partial charge in [-0.1, -0.05) is 0 Å². The number of fused-ring (bicyclic) bond motifs is 1. The van der Waals surface area contributed by atoms with E-state index >= 15 is 0 Å². The summed E-state index contributed by atoms with van der Waals surface area (Å²) in [5, 5.41) is 5.51. The Morgan fingerprint density at radius 3 is 3.00 bits per heavy atom. The third kappa shape index (κ3) is 2.35. The van der Waals surface area contributed by atoms with Gasteiger partial charge in [-0.15, -0.1) is 0 Å². The van der Waals surface area contributed by atoms with Crippen LogP contribution in [0.3, 0.4) is 0 Å². The summed E-state index contributed by atoms with van der Waals surface area (Å²) < 4.78 is 8.38. The van der Waals surface area contributed by atoms with Crippen LogP contribution in [0.25, 0.3) is 11.0 Å². The van der Waals surface area contributed by atoms with Crippen LogP contribution in [0, 0.1) is 5.92 Å². The Morgan fingerprint density at radius 1 is 1.35 bits per heavy atom. The maximum atomic E-state index is 5.37. The monoisotopic (exact) mass is 295 g/mol. The average Bonchev–Trinajstić information content (AvgIpc) is 2.73. The van der Waals surface area contributed by atoms with Crippen LogP contribution in [-0.2, 0) is 11.3 Å². The summed E-state index contributed by atoms with van der Waals surface area (Å²) in [6, 6.07) is 2.05. The quantitative estimate of drug-likeness (QED) is 0.855. The van der Waals surface area contributed by atoms with E-state index in [4.69, 9.17) is 4.74 Å². The molecule has 5 heteroatoms. The molecule has 0 bridgehead atoms. The van der Waals surface area contributed by atoms with Crippen LogP contribution in [-0.4, -0.2) is 28.0 Å². The fourth-order valence-electron chi connectivity index (χ4n) is 2.25. The van der Waals surface area contributed by atoms with Crippen molar-refractivity contribution >= 4 is 27.0 Å². The van der Waals surface area contributed by atoms with Gasteiger partial charge in [-0.3, -0.25) is 0 Å². The van der Waals surface area contributed by atoms with Crippen molar-refractivity contribution in [1.29, 1.82) is 0 Å². The predicted molar refractivity (Wildman–Crippen MR) is 68.8 cm³/mol. The van der Waals surface area contributed by atoms with Crippen LogP contribution >= 0.6 is 15.9 Å². The fourth-order valence-corrected chi connectivity index (χ4v) is 2.60. The first kappa shape index (κ1) is 11.2. The zero-order valence-corrected chi connectivity index (χ0v) is 11.1. The number of ether oxygens (including phenoxy) is 1. The van der Waals surface area contributed by atoms with E-state index in [2.05, 4.69) is 32.1 Å². The summed E-state index contributed by atoms with van der Waals surface area (Å²) >= 11 is 3.42. The van der Waals surface area contributed by atoms with Gasteiger partial charge in [0.25, 0.3) is 0 Å². The molecule has 0 atom stereocenters. The lowest BCUT2D eigenvalue weighted by Gasteiger charge is -2.21. The Hall–Kier alpha value is -0.940. The molecule has 0 radical (unpaired) electrons. The minimum atomic E-state index is 0.664. The van der Waals surface area contributed by atoms with Crippen molar-refractivity contribution in [3.05, 3.63) is 22.9 Å². The molecule has 4 nitrogen and oxygen atoms in total. The number of nitrogens with zero attached hydrogens (tertiary/aromatic N) is 3. The van der Waals surface area contributed by atoms with Crippen LogP contribution in [0.1, 0.15) is 12.8 Å². The Kier molecular flexibility index (Phi) is 3.11. The van der Waals surface area contributed by atoms with Crippen LogP contribution in [0.4, 0.5) is 0 Å². The van der Waals surface area contributed by atoms with Crippen molar-refractivity contribution < 1.29 is 4.74 Å². The first-order valence-electron chi connectivity index (χ1n) is 5.88. The van der Waals surface area contributed by atoms with Gasteiger partial charge >= 0.3 is 0 Å². The van der Waals surface area contributed by atoms with Crippen LogP contribution in [0.2, 0.25) is 0 Å². The van der Waals surface area contributed by atoms with Gasteiger partial charge in [0.15, 0.2) is 5.65 Å². The van der Waals surface area contributed by atoms with Crippen molar-refractivity contribution in [3.63, 3.8) is 0 Å². The van der Waals surface area contributed by atoms with Gasteiger partial charge in [-0.25, -0.2) is 9.67 Å². The Labute approximate surface area is 108 Å². The first-order chi connectivity index (χ1) is 8.33. The van der Waals surface area contributed by atoms with Crippen LogP contribution < -0.4 is 0 Å². The first-order valence-corrected chi connectivity index (χ1v) is 6.67. The molecule has 0 saturated carbocycles. The third-order valence-electron chi connectivity index (χ3n) is 3.21. The van der Waals surface area contributed by atoms with E-state index in [-0.39, 0.29) is 0 Å². The Bertz CT molecular complexity index is 519. The second kappa shape index (κ2) is 4.74. The average molecular weight is 296 g/mol. The number of halogens is 1. The van der Waals surface area contributed by atoms with Gasteiger partial charge in [0.05, 0.1) is 6.20 Å². The van der Waals surface area contributed by atoms with Gasteiger partial charge in [0, 0.05) is 35.8 Å². The van der Waals surface area contributed by atoms with Gasteiger partial charge < -0.3 is 4.74 Å². The lowest BCUT2D eigenvalue weighted by molar-refractivity contribution is 0.0605. The normalized spacial score (nSPS) is 17.7. The molecule has 0 N–H and O–H groups in total. The van der Waals surface area contributed by atoms with Crippen LogP contribution in [0.5, 0.6) is 0 Å². The molecule has 0 aliphatic carbocycles. The maximum Gasteiger partial charge on any atom is 0.157 e. The molecule has 2 aromatic heterocycles. The molecule has 0 spiro atoms. The van der Waals surface area contributed by atoms with Gasteiger partial charge in [0.1, 0.15) is 0 Å². The molecule has 1 aliphatic rings. The lowest BCUT2D eigenvalue weighted by atomic mass is 10.0. The summed E-state index contributed by atoms with van der Waals surface area (Å²) in [6.45, 7) is 2.70. The lowest BCUT2D eigenvalue weighted by Crippen LogP contribution is -2.21. The second-order valence-corrected chi connectivity index (χ2v) is 5.36. The number of hydrogen-bond donors (Lipinski definition) is 0. The molecule has 1 fully saturated rings. The minimum Gasteiger partial charge on any atom is -0.381 e. The summed E-state index contributed by atoms with van der Waals surface area (Å²) in [5.41, 5.74) is 0.972. The van der Waals surface area contributed by atoms with Gasteiger partial charge in [0.2, 0.25) is 0 Å². The van der Waals surface area contributed by atoms with Crippen molar-refractivity contribution in [3.8, 4) is 0 Å². The smallest absolute Gasteiger partial charge is 0.157 e. The molecule has 0 unspecified atom stereocenters. The highest BCUT2D eigenvalue weighted by molar-refractivity contribution is 9.10. The molecular weight excluding hydrogens is 282 g/mol. The van der Waals surface area contributed by atoms with E-state index in [9.17, 15) is 0 Å². The maximum absolute atomic E-state index is 5.37. The minimum absolute atomic E-state index is 0.664. The second-order valence-electron chi connectivity index (χ2n) is 4.45. The fraction of sp³-hybridized carbons (Fsp3) is 0.500. The highest BCUT2D eigenvalue weighted by atomic mass is 79.9. The van der Waals surface area contributed by atoms with E-state index in [1.54, 1.807) is 0 Å². The molecule has 3 heterocycles. The van der Waals surface area contributed by atoms with E-state index in [0.717, 1.165) is 48.1 Å². The standard InChI is InChI=1S/C12H14BrN3O/c13-11-5-10-6-15-16(12(10)14-7-11)8-9-1-3-17-4-2-9/h5-7,9H,1-4,8H2. The van der Waals surface area contributed by atoms with Crippen molar-refractivity contribution in [2.24, 2.45) is 5.92 Å². The van der Waals surface area contributed by atoms with Crippen LogP contribution in [0.15, 0.2) is 22.9 Å². The molecule has 0 amide bonds. The van der Waals surface area contributed by atoms with Gasteiger partial charge in [-0.05, 0) is 40.8 Å². The van der Waals surface area contributed by atoms with E-state index < -0.39 is 0 Å². The molecule has 1 aliphatic heterocycles. The van der Waals surface area contributed by atoms with E-state index in [1.807, 2.05) is 17.1 Å². The Balaban J connectivity index is 1.84. The van der Waals surface area contributed by atoms with Crippen molar-refractivity contribution in [2.45, 2.75) is 19.4 Å². The topological polar surface area (TPSA) is 39.9 Å². The zero-order chi connectivity index (χ0) is 11.7. The molecule has 90 valence electrons. The summed E-state index contributed by atoms with van der Waals surface area (Å²) in [6.07, 6.45) is 5.95.